The first-order valence-corrected chi connectivity index (χ1v) is 7.13. The maximum absolute atomic E-state index is 6.21. The van der Waals surface area contributed by atoms with E-state index in [1.165, 1.54) is 0 Å². The number of thioether (sulfide) groups is 1. The van der Waals surface area contributed by atoms with Crippen molar-refractivity contribution in [3.63, 3.8) is 0 Å². The van der Waals surface area contributed by atoms with Crippen LogP contribution in [0.15, 0.2) is 41.8 Å². The summed E-state index contributed by atoms with van der Waals surface area (Å²) in [7, 11) is 0. The summed E-state index contributed by atoms with van der Waals surface area (Å²) in [5, 5.41) is 1.77. The van der Waals surface area contributed by atoms with E-state index in [-0.39, 0.29) is 11.3 Å². The van der Waals surface area contributed by atoms with Crippen LogP contribution in [0, 0.1) is 0 Å². The van der Waals surface area contributed by atoms with E-state index in [1.807, 2.05) is 24.4 Å². The lowest BCUT2D eigenvalue weighted by Gasteiger charge is -2.22. The van der Waals surface area contributed by atoms with Crippen molar-refractivity contribution in [1.82, 2.24) is 9.97 Å². The molecule has 2 atom stereocenters. The summed E-state index contributed by atoms with van der Waals surface area (Å²) in [5.41, 5.74) is 7.35. The fraction of sp³-hybridized carbons (Fsp3) is 0.308. The summed E-state index contributed by atoms with van der Waals surface area (Å²) < 4.78 is 0. The van der Waals surface area contributed by atoms with Crippen molar-refractivity contribution in [3.8, 4) is 0 Å². The number of nitrogens with one attached hydrogen (secondary N) is 1. The SMILES string of the molecule is CCC(N)C(Sc1ncc[nH]1)c1cccc(Cl)c1. The Balaban J connectivity index is 2.25. The van der Waals surface area contributed by atoms with Gasteiger partial charge in [0.25, 0.3) is 0 Å². The van der Waals surface area contributed by atoms with Crippen LogP contribution in [0.1, 0.15) is 24.2 Å². The monoisotopic (exact) mass is 281 g/mol. The highest BCUT2D eigenvalue weighted by Gasteiger charge is 2.21. The lowest BCUT2D eigenvalue weighted by atomic mass is 10.0. The van der Waals surface area contributed by atoms with Crippen LogP contribution in [-0.4, -0.2) is 16.0 Å². The molecule has 0 aliphatic rings. The van der Waals surface area contributed by atoms with Crippen molar-refractivity contribution < 1.29 is 0 Å². The molecular formula is C13H16ClN3S. The first-order valence-electron chi connectivity index (χ1n) is 5.87. The van der Waals surface area contributed by atoms with Crippen molar-refractivity contribution >= 4 is 23.4 Å². The lowest BCUT2D eigenvalue weighted by molar-refractivity contribution is 0.633. The minimum absolute atomic E-state index is 0.0681. The molecule has 2 aromatic rings. The number of aromatic amines is 1. The van der Waals surface area contributed by atoms with Crippen molar-refractivity contribution in [2.45, 2.75) is 29.8 Å². The van der Waals surface area contributed by atoms with Crippen molar-refractivity contribution in [2.24, 2.45) is 5.73 Å². The third-order valence-corrected chi connectivity index (χ3v) is 4.31. The largest absolute Gasteiger partial charge is 0.340 e. The Morgan fingerprint density at radius 2 is 2.33 bits per heavy atom. The number of rotatable bonds is 5. The summed E-state index contributed by atoms with van der Waals surface area (Å²) in [5.74, 6) is 0. The molecule has 0 radical (unpaired) electrons. The Hall–Kier alpha value is -0.970. The highest BCUT2D eigenvalue weighted by Crippen LogP contribution is 2.37. The van der Waals surface area contributed by atoms with E-state index >= 15 is 0 Å². The quantitative estimate of drug-likeness (QED) is 0.823. The minimum Gasteiger partial charge on any atom is -0.340 e. The van der Waals surface area contributed by atoms with Gasteiger partial charge in [-0.25, -0.2) is 4.98 Å². The fourth-order valence-corrected chi connectivity index (χ4v) is 3.08. The maximum Gasteiger partial charge on any atom is 0.165 e. The van der Waals surface area contributed by atoms with E-state index in [2.05, 4.69) is 23.0 Å². The molecule has 5 heteroatoms. The zero-order chi connectivity index (χ0) is 13.0. The Kier molecular flexibility index (Phi) is 4.69. The van der Waals surface area contributed by atoms with Gasteiger partial charge in [-0.1, -0.05) is 42.4 Å². The molecule has 0 saturated heterocycles. The fourth-order valence-electron chi connectivity index (χ4n) is 1.74. The molecule has 3 N–H and O–H groups in total. The van der Waals surface area contributed by atoms with Crippen molar-refractivity contribution in [1.29, 1.82) is 0 Å². The van der Waals surface area contributed by atoms with Crippen LogP contribution in [0.3, 0.4) is 0 Å². The van der Waals surface area contributed by atoms with Gasteiger partial charge in [-0.15, -0.1) is 0 Å². The number of nitrogens with zero attached hydrogens (tertiary/aromatic N) is 1. The zero-order valence-corrected chi connectivity index (χ0v) is 11.7. The number of halogens is 1. The van der Waals surface area contributed by atoms with Gasteiger partial charge >= 0.3 is 0 Å². The molecule has 0 amide bonds. The van der Waals surface area contributed by atoms with Crippen molar-refractivity contribution in [2.75, 3.05) is 0 Å². The van der Waals surface area contributed by atoms with Crippen molar-refractivity contribution in [3.05, 3.63) is 47.2 Å². The summed E-state index contributed by atoms with van der Waals surface area (Å²) in [6.45, 7) is 2.09. The number of aromatic nitrogens is 2. The summed E-state index contributed by atoms with van der Waals surface area (Å²) >= 11 is 7.68. The van der Waals surface area contributed by atoms with Crippen LogP contribution in [0.4, 0.5) is 0 Å². The van der Waals surface area contributed by atoms with Crippen LogP contribution in [0.2, 0.25) is 5.02 Å². The molecule has 0 aliphatic carbocycles. The van der Waals surface area contributed by atoms with Crippen LogP contribution < -0.4 is 5.73 Å². The molecule has 3 nitrogen and oxygen atoms in total. The molecule has 0 spiro atoms. The molecular weight excluding hydrogens is 266 g/mol. The van der Waals surface area contributed by atoms with E-state index < -0.39 is 0 Å². The lowest BCUT2D eigenvalue weighted by Crippen LogP contribution is -2.25. The first-order chi connectivity index (χ1) is 8.70. The highest BCUT2D eigenvalue weighted by atomic mass is 35.5. The topological polar surface area (TPSA) is 54.7 Å². The van der Waals surface area contributed by atoms with Gasteiger partial charge < -0.3 is 10.7 Å². The third kappa shape index (κ3) is 3.28. The molecule has 96 valence electrons. The Morgan fingerprint density at radius 1 is 1.50 bits per heavy atom. The zero-order valence-electron chi connectivity index (χ0n) is 10.1. The molecule has 0 fully saturated rings. The Bertz CT molecular complexity index is 487. The summed E-state index contributed by atoms with van der Waals surface area (Å²) in [6, 6.07) is 7.92. The molecule has 1 heterocycles. The van der Waals surface area contributed by atoms with Crippen LogP contribution >= 0.6 is 23.4 Å². The van der Waals surface area contributed by atoms with E-state index in [4.69, 9.17) is 17.3 Å². The second-order valence-corrected chi connectivity index (χ2v) is 5.63. The predicted octanol–water partition coefficient (Wildman–Crippen LogP) is 3.63. The van der Waals surface area contributed by atoms with E-state index in [0.717, 1.165) is 22.2 Å². The molecule has 1 aromatic heterocycles. The molecule has 0 aliphatic heterocycles. The molecule has 2 rings (SSSR count). The van der Waals surface area contributed by atoms with Gasteiger partial charge in [-0.2, -0.15) is 0 Å². The van der Waals surface area contributed by atoms with Gasteiger partial charge in [0.2, 0.25) is 0 Å². The average molecular weight is 282 g/mol. The summed E-state index contributed by atoms with van der Waals surface area (Å²) in [4.78, 5) is 7.33. The van der Waals surface area contributed by atoms with Crippen LogP contribution in [0.25, 0.3) is 0 Å². The second-order valence-electron chi connectivity index (χ2n) is 4.06. The third-order valence-electron chi connectivity index (χ3n) is 2.75. The Morgan fingerprint density at radius 3 is 2.94 bits per heavy atom. The first kappa shape index (κ1) is 13.5. The number of H-pyrrole nitrogens is 1. The Labute approximate surface area is 116 Å². The number of hydrogen-bond acceptors (Lipinski definition) is 3. The maximum atomic E-state index is 6.21. The number of nitrogens with two attached hydrogens (primary N) is 1. The average Bonchev–Trinajstić information content (AvgIpc) is 2.88. The molecule has 0 saturated carbocycles. The minimum atomic E-state index is 0.0681. The normalized spacial score (nSPS) is 14.4. The van der Waals surface area contributed by atoms with Gasteiger partial charge in [0.15, 0.2) is 5.16 Å². The van der Waals surface area contributed by atoms with Crippen LogP contribution in [0.5, 0.6) is 0 Å². The second kappa shape index (κ2) is 6.27. The number of benzene rings is 1. The van der Waals surface area contributed by atoms with E-state index in [1.54, 1.807) is 18.0 Å². The predicted molar refractivity (Wildman–Crippen MR) is 76.9 cm³/mol. The number of hydrogen-bond donors (Lipinski definition) is 2. The number of imidazole rings is 1. The van der Waals surface area contributed by atoms with Crippen LogP contribution in [-0.2, 0) is 0 Å². The van der Waals surface area contributed by atoms with Gasteiger partial charge in [0.1, 0.15) is 0 Å². The van der Waals surface area contributed by atoms with E-state index in [0.29, 0.717) is 0 Å². The summed E-state index contributed by atoms with van der Waals surface area (Å²) in [6.07, 6.45) is 4.47. The van der Waals surface area contributed by atoms with Gasteiger partial charge in [-0.3, -0.25) is 0 Å². The van der Waals surface area contributed by atoms with Gasteiger partial charge in [-0.05, 0) is 24.1 Å². The molecule has 0 bridgehead atoms. The van der Waals surface area contributed by atoms with E-state index in [9.17, 15) is 0 Å². The standard InChI is InChI=1S/C13H16ClN3S/c1-2-11(15)12(18-13-16-6-7-17-13)9-4-3-5-10(14)8-9/h3-8,11-12H,2,15H2,1H3,(H,16,17). The smallest absolute Gasteiger partial charge is 0.165 e. The molecule has 1 aromatic carbocycles. The van der Waals surface area contributed by atoms with Gasteiger partial charge in [0, 0.05) is 23.5 Å². The van der Waals surface area contributed by atoms with Gasteiger partial charge in [0.05, 0.1) is 5.25 Å². The molecule has 18 heavy (non-hydrogen) atoms. The highest BCUT2D eigenvalue weighted by molar-refractivity contribution is 7.99. The molecule has 2 unspecified atom stereocenters.